The van der Waals surface area contributed by atoms with Gasteiger partial charge in [0.05, 0.1) is 17.0 Å². The lowest BCUT2D eigenvalue weighted by atomic mass is 10.0. The van der Waals surface area contributed by atoms with Crippen molar-refractivity contribution in [1.82, 2.24) is 45.1 Å². The van der Waals surface area contributed by atoms with Crippen LogP contribution >= 0.6 is 0 Å². The standard InChI is InChI=1S/C20H25N9O4/c1-13-16(11-33-19(13)31)28-9-8-27(20(28)32)14-4-6-26(7-5-14)10-17(30)15-2-3-18(23-22-15)29-12-21-24-25-29/h2-3,12,14,17,30H,4-11H2,1H3. The number of tetrazole rings is 1. The highest BCUT2D eigenvalue weighted by Gasteiger charge is 2.39. The maximum atomic E-state index is 13.0. The van der Waals surface area contributed by atoms with Gasteiger partial charge in [0.15, 0.2) is 5.82 Å². The highest BCUT2D eigenvalue weighted by atomic mass is 16.5. The number of aliphatic hydroxyl groups excluding tert-OH is 1. The van der Waals surface area contributed by atoms with Gasteiger partial charge >= 0.3 is 12.0 Å². The van der Waals surface area contributed by atoms with E-state index >= 15 is 0 Å². The van der Waals surface area contributed by atoms with Gasteiger partial charge in [-0.1, -0.05) is 0 Å². The maximum Gasteiger partial charge on any atom is 0.336 e. The number of piperidine rings is 1. The number of carbonyl (C=O) groups is 2. The number of amides is 2. The molecule has 1 atom stereocenters. The molecule has 2 aromatic rings. The van der Waals surface area contributed by atoms with Crippen LogP contribution < -0.4 is 0 Å². The molecule has 2 fully saturated rings. The molecule has 2 amide bonds. The van der Waals surface area contributed by atoms with Gasteiger partial charge < -0.3 is 19.6 Å². The van der Waals surface area contributed by atoms with Gasteiger partial charge in [0.25, 0.3) is 0 Å². The summed E-state index contributed by atoms with van der Waals surface area (Å²) in [5.41, 5.74) is 1.68. The van der Waals surface area contributed by atoms with Crippen LogP contribution in [0.5, 0.6) is 0 Å². The fraction of sp³-hybridized carbons (Fsp3) is 0.550. The Hall–Kier alpha value is -3.45. The summed E-state index contributed by atoms with van der Waals surface area (Å²) in [5, 5.41) is 29.7. The van der Waals surface area contributed by atoms with Crippen molar-refractivity contribution in [3.63, 3.8) is 0 Å². The molecule has 0 saturated carbocycles. The Balaban J connectivity index is 1.13. The number of β-amino-alcohol motifs (C(OH)–C–C–N with tert-alkyl or cyclic N) is 1. The second kappa shape index (κ2) is 8.83. The zero-order valence-corrected chi connectivity index (χ0v) is 18.2. The van der Waals surface area contributed by atoms with Crippen LogP contribution in [-0.4, -0.2) is 108 Å². The van der Waals surface area contributed by atoms with Crippen molar-refractivity contribution in [2.45, 2.75) is 31.9 Å². The molecule has 0 radical (unpaired) electrons. The molecule has 0 spiro atoms. The van der Waals surface area contributed by atoms with Crippen molar-refractivity contribution in [3.8, 4) is 5.82 Å². The number of likely N-dealkylation sites (tertiary alicyclic amines) is 1. The third-order valence-corrected chi connectivity index (χ3v) is 6.47. The lowest BCUT2D eigenvalue weighted by Crippen LogP contribution is -2.47. The van der Waals surface area contributed by atoms with E-state index in [1.54, 1.807) is 24.0 Å². The van der Waals surface area contributed by atoms with E-state index in [-0.39, 0.29) is 24.6 Å². The molecule has 2 saturated heterocycles. The van der Waals surface area contributed by atoms with Crippen LogP contribution in [0.3, 0.4) is 0 Å². The SMILES string of the molecule is CC1=C(N2CCN(C3CCN(CC(O)c4ccc(-n5cnnn5)nn4)CC3)C2=O)COC1=O. The number of hydrogen-bond acceptors (Lipinski definition) is 10. The third-order valence-electron chi connectivity index (χ3n) is 6.47. The van der Waals surface area contributed by atoms with E-state index < -0.39 is 6.10 Å². The van der Waals surface area contributed by atoms with Crippen molar-refractivity contribution in [1.29, 1.82) is 0 Å². The first-order valence-corrected chi connectivity index (χ1v) is 10.9. The van der Waals surface area contributed by atoms with Crippen molar-refractivity contribution in [2.75, 3.05) is 39.3 Å². The van der Waals surface area contributed by atoms with Gasteiger partial charge in [0, 0.05) is 38.8 Å². The molecule has 0 aliphatic carbocycles. The average molecular weight is 455 g/mol. The number of urea groups is 1. The van der Waals surface area contributed by atoms with E-state index in [2.05, 4.69) is 30.6 Å². The molecular weight excluding hydrogens is 430 g/mol. The summed E-state index contributed by atoms with van der Waals surface area (Å²) in [4.78, 5) is 30.4. The van der Waals surface area contributed by atoms with Crippen molar-refractivity contribution < 1.29 is 19.4 Å². The van der Waals surface area contributed by atoms with Gasteiger partial charge in [-0.05, 0) is 42.3 Å². The first kappa shape index (κ1) is 21.4. The monoisotopic (exact) mass is 455 g/mol. The summed E-state index contributed by atoms with van der Waals surface area (Å²) in [5.74, 6) is 0.124. The zero-order valence-electron chi connectivity index (χ0n) is 18.2. The topological polar surface area (TPSA) is 143 Å². The van der Waals surface area contributed by atoms with Gasteiger partial charge in [-0.3, -0.25) is 4.90 Å². The fourth-order valence-corrected chi connectivity index (χ4v) is 4.55. The molecule has 3 aliphatic heterocycles. The second-order valence-corrected chi connectivity index (χ2v) is 8.39. The quantitative estimate of drug-likeness (QED) is 0.567. The Labute approximate surface area is 189 Å². The van der Waals surface area contributed by atoms with E-state index in [4.69, 9.17) is 4.74 Å². The molecule has 13 heteroatoms. The predicted octanol–water partition coefficient (Wildman–Crippen LogP) is -0.481. The highest BCUT2D eigenvalue weighted by Crippen LogP contribution is 2.28. The molecule has 5 heterocycles. The minimum absolute atomic E-state index is 0.0564. The third kappa shape index (κ3) is 4.16. The Morgan fingerprint density at radius 1 is 1.15 bits per heavy atom. The highest BCUT2D eigenvalue weighted by molar-refractivity contribution is 5.92. The number of nitrogens with zero attached hydrogens (tertiary/aromatic N) is 9. The van der Waals surface area contributed by atoms with E-state index in [1.165, 1.54) is 11.0 Å². The number of cyclic esters (lactones) is 1. The van der Waals surface area contributed by atoms with Gasteiger partial charge in [0.1, 0.15) is 19.0 Å². The number of esters is 1. The smallest absolute Gasteiger partial charge is 0.336 e. The van der Waals surface area contributed by atoms with Gasteiger partial charge in [-0.15, -0.1) is 10.2 Å². The molecule has 174 valence electrons. The number of carbonyl (C=O) groups excluding carboxylic acids is 2. The molecule has 1 N–H and O–H groups in total. The van der Waals surface area contributed by atoms with Gasteiger partial charge in [-0.25, -0.2) is 9.59 Å². The lowest BCUT2D eigenvalue weighted by molar-refractivity contribution is -0.136. The Kier molecular flexibility index (Phi) is 5.72. The van der Waals surface area contributed by atoms with Crippen LogP contribution in [-0.2, 0) is 9.53 Å². The normalized spacial score (nSPS) is 21.3. The lowest BCUT2D eigenvalue weighted by Gasteiger charge is -2.37. The fourth-order valence-electron chi connectivity index (χ4n) is 4.55. The molecule has 2 aromatic heterocycles. The summed E-state index contributed by atoms with van der Waals surface area (Å²) < 4.78 is 6.45. The minimum Gasteiger partial charge on any atom is -0.456 e. The number of aromatic nitrogens is 6. The average Bonchev–Trinajstić information content (AvgIpc) is 3.57. The first-order chi connectivity index (χ1) is 16.0. The largest absolute Gasteiger partial charge is 0.456 e. The summed E-state index contributed by atoms with van der Waals surface area (Å²) in [7, 11) is 0. The Bertz CT molecular complexity index is 1050. The molecule has 0 bridgehead atoms. The molecule has 33 heavy (non-hydrogen) atoms. The molecule has 13 nitrogen and oxygen atoms in total. The van der Waals surface area contributed by atoms with Crippen LogP contribution in [0.4, 0.5) is 4.79 Å². The van der Waals surface area contributed by atoms with E-state index in [0.29, 0.717) is 42.4 Å². The van der Waals surface area contributed by atoms with Crippen LogP contribution in [0, 0.1) is 0 Å². The van der Waals surface area contributed by atoms with Gasteiger partial charge in [-0.2, -0.15) is 9.78 Å². The summed E-state index contributed by atoms with van der Waals surface area (Å²) in [6.07, 6.45) is 2.30. The predicted molar refractivity (Wildman–Crippen MR) is 112 cm³/mol. The van der Waals surface area contributed by atoms with Crippen LogP contribution in [0.25, 0.3) is 5.82 Å². The second-order valence-electron chi connectivity index (χ2n) is 8.39. The number of ether oxygens (including phenoxy) is 1. The number of hydrogen-bond donors (Lipinski definition) is 1. The van der Waals surface area contributed by atoms with E-state index in [9.17, 15) is 14.7 Å². The molecule has 5 rings (SSSR count). The molecule has 0 aromatic carbocycles. The van der Waals surface area contributed by atoms with Crippen LogP contribution in [0.2, 0.25) is 0 Å². The number of rotatable bonds is 6. The van der Waals surface area contributed by atoms with E-state index in [1.807, 2.05) is 4.90 Å². The summed E-state index contributed by atoms with van der Waals surface area (Å²) in [6.45, 7) is 5.06. The summed E-state index contributed by atoms with van der Waals surface area (Å²) >= 11 is 0. The summed E-state index contributed by atoms with van der Waals surface area (Å²) in [6, 6.07) is 3.51. The van der Waals surface area contributed by atoms with Crippen LogP contribution in [0.1, 0.15) is 31.6 Å². The molecule has 1 unspecified atom stereocenters. The molecule has 3 aliphatic rings. The van der Waals surface area contributed by atoms with Crippen molar-refractivity contribution in [2.24, 2.45) is 0 Å². The van der Waals surface area contributed by atoms with Crippen molar-refractivity contribution in [3.05, 3.63) is 35.4 Å². The van der Waals surface area contributed by atoms with Crippen molar-refractivity contribution >= 4 is 12.0 Å². The maximum absolute atomic E-state index is 13.0. The zero-order chi connectivity index (χ0) is 22.9. The first-order valence-electron chi connectivity index (χ1n) is 10.9. The molecular formula is C20H25N9O4. The van der Waals surface area contributed by atoms with Crippen LogP contribution in [0.15, 0.2) is 29.7 Å². The van der Waals surface area contributed by atoms with Gasteiger partial charge in [0.2, 0.25) is 0 Å². The Morgan fingerprint density at radius 3 is 2.61 bits per heavy atom. The van der Waals surface area contributed by atoms with E-state index in [0.717, 1.165) is 25.9 Å². The Morgan fingerprint density at radius 2 is 1.97 bits per heavy atom. The minimum atomic E-state index is -0.768. The number of aliphatic hydroxyl groups is 1.